The van der Waals surface area contributed by atoms with Gasteiger partial charge in [-0.3, -0.25) is 9.97 Å². The van der Waals surface area contributed by atoms with Crippen molar-refractivity contribution in [3.8, 4) is 0 Å². The molecule has 112 valence electrons. The summed E-state index contributed by atoms with van der Waals surface area (Å²) >= 11 is 3.43. The molecule has 5 nitrogen and oxygen atoms in total. The number of rotatable bonds is 5. The summed E-state index contributed by atoms with van der Waals surface area (Å²) in [4.78, 5) is 8.83. The fraction of sp³-hybridized carbons (Fsp3) is 0.467. The van der Waals surface area contributed by atoms with Gasteiger partial charge in [-0.2, -0.15) is 0 Å². The van der Waals surface area contributed by atoms with Crippen molar-refractivity contribution in [2.24, 2.45) is 0 Å². The van der Waals surface area contributed by atoms with Gasteiger partial charge in [0.2, 0.25) is 0 Å². The zero-order chi connectivity index (χ0) is 14.7. The van der Waals surface area contributed by atoms with Crippen molar-refractivity contribution in [2.45, 2.75) is 18.4 Å². The van der Waals surface area contributed by atoms with E-state index in [-0.39, 0.29) is 5.54 Å². The number of pyridine rings is 2. The van der Waals surface area contributed by atoms with Gasteiger partial charge in [0.25, 0.3) is 0 Å². The van der Waals surface area contributed by atoms with Gasteiger partial charge in [0, 0.05) is 30.5 Å². The maximum atomic E-state index is 5.38. The fourth-order valence-corrected chi connectivity index (χ4v) is 3.20. The molecule has 3 rings (SSSR count). The predicted molar refractivity (Wildman–Crippen MR) is 87.6 cm³/mol. The average molecular weight is 351 g/mol. The second kappa shape index (κ2) is 6.25. The third kappa shape index (κ3) is 3.17. The highest BCUT2D eigenvalue weighted by molar-refractivity contribution is 9.10. The van der Waals surface area contributed by atoms with Gasteiger partial charge < -0.3 is 15.4 Å². The lowest BCUT2D eigenvalue weighted by atomic mass is 9.98. The van der Waals surface area contributed by atoms with Gasteiger partial charge in [0.15, 0.2) is 0 Å². The lowest BCUT2D eigenvalue weighted by Crippen LogP contribution is -2.49. The Labute approximate surface area is 132 Å². The van der Waals surface area contributed by atoms with Crippen LogP contribution in [-0.2, 0) is 4.74 Å². The van der Waals surface area contributed by atoms with Crippen molar-refractivity contribution in [1.29, 1.82) is 0 Å². The smallest absolute Gasteiger partial charge is 0.112 e. The molecule has 0 bridgehead atoms. The molecule has 0 radical (unpaired) electrons. The first-order valence-electron chi connectivity index (χ1n) is 7.11. The van der Waals surface area contributed by atoms with Crippen molar-refractivity contribution < 1.29 is 4.74 Å². The topological polar surface area (TPSA) is 59.1 Å². The summed E-state index contributed by atoms with van der Waals surface area (Å²) in [5.41, 5.74) is 2.80. The molecule has 1 unspecified atom stereocenters. The molecule has 3 heterocycles. The summed E-state index contributed by atoms with van der Waals surface area (Å²) in [5, 5.41) is 7.08. The first-order valence-corrected chi connectivity index (χ1v) is 7.90. The van der Waals surface area contributed by atoms with Gasteiger partial charge in [-0.05, 0) is 47.4 Å². The van der Waals surface area contributed by atoms with Crippen LogP contribution < -0.4 is 10.6 Å². The minimum Gasteiger partial charge on any atom is -0.383 e. The number of methoxy groups -OCH3 is 1. The van der Waals surface area contributed by atoms with E-state index in [9.17, 15) is 0 Å². The number of fused-ring (bicyclic) bond motifs is 1. The molecular weight excluding hydrogens is 332 g/mol. The van der Waals surface area contributed by atoms with E-state index in [1.165, 1.54) is 6.42 Å². The number of aromatic nitrogens is 2. The summed E-state index contributed by atoms with van der Waals surface area (Å²) in [6, 6.07) is 3.95. The largest absolute Gasteiger partial charge is 0.383 e. The minimum atomic E-state index is 0.0136. The van der Waals surface area contributed by atoms with Crippen LogP contribution in [0.4, 0.5) is 5.69 Å². The lowest BCUT2D eigenvalue weighted by Gasteiger charge is -2.29. The quantitative estimate of drug-likeness (QED) is 0.867. The average Bonchev–Trinajstić information content (AvgIpc) is 2.94. The molecule has 0 spiro atoms. The Morgan fingerprint density at radius 3 is 3.14 bits per heavy atom. The number of hydrogen-bond acceptors (Lipinski definition) is 5. The molecule has 2 aromatic rings. The van der Waals surface area contributed by atoms with Gasteiger partial charge >= 0.3 is 0 Å². The molecule has 0 aliphatic carbocycles. The summed E-state index contributed by atoms with van der Waals surface area (Å²) in [6.45, 7) is 2.58. The van der Waals surface area contributed by atoms with Crippen molar-refractivity contribution in [3.05, 3.63) is 29.0 Å². The normalized spacial score (nSPS) is 21.8. The van der Waals surface area contributed by atoms with Gasteiger partial charge in [0.1, 0.15) is 5.52 Å². The highest BCUT2D eigenvalue weighted by atomic mass is 79.9. The van der Waals surface area contributed by atoms with Crippen molar-refractivity contribution in [3.63, 3.8) is 0 Å². The lowest BCUT2D eigenvalue weighted by molar-refractivity contribution is 0.127. The highest BCUT2D eigenvalue weighted by Gasteiger charge is 2.33. The number of nitrogens with zero attached hydrogens (tertiary/aromatic N) is 2. The van der Waals surface area contributed by atoms with E-state index >= 15 is 0 Å². The Kier molecular flexibility index (Phi) is 4.37. The number of hydrogen-bond donors (Lipinski definition) is 2. The number of anilines is 1. The Morgan fingerprint density at radius 2 is 2.38 bits per heavy atom. The van der Waals surface area contributed by atoms with Crippen LogP contribution in [0.15, 0.2) is 29.0 Å². The van der Waals surface area contributed by atoms with Crippen LogP contribution in [0.1, 0.15) is 12.8 Å². The number of ether oxygens (including phenoxy) is 1. The van der Waals surface area contributed by atoms with Gasteiger partial charge in [-0.1, -0.05) is 0 Å². The Bertz CT molecular complexity index is 628. The van der Waals surface area contributed by atoms with E-state index < -0.39 is 0 Å². The predicted octanol–water partition coefficient (Wildman–Crippen LogP) is 2.57. The van der Waals surface area contributed by atoms with Crippen LogP contribution in [-0.4, -0.2) is 42.3 Å². The summed E-state index contributed by atoms with van der Waals surface area (Å²) in [5.74, 6) is 0. The molecule has 21 heavy (non-hydrogen) atoms. The fourth-order valence-electron chi connectivity index (χ4n) is 2.88. The Morgan fingerprint density at radius 1 is 1.48 bits per heavy atom. The first-order chi connectivity index (χ1) is 10.2. The Balaban J connectivity index is 1.81. The van der Waals surface area contributed by atoms with E-state index in [4.69, 9.17) is 4.74 Å². The van der Waals surface area contributed by atoms with E-state index in [2.05, 4.69) is 36.5 Å². The van der Waals surface area contributed by atoms with Gasteiger partial charge in [0.05, 0.1) is 23.3 Å². The molecule has 1 fully saturated rings. The molecular formula is C15H19BrN4O. The van der Waals surface area contributed by atoms with Crippen molar-refractivity contribution in [1.82, 2.24) is 15.3 Å². The molecule has 1 saturated heterocycles. The molecule has 1 aliphatic heterocycles. The molecule has 6 heteroatoms. The summed E-state index contributed by atoms with van der Waals surface area (Å²) in [7, 11) is 1.75. The monoisotopic (exact) mass is 350 g/mol. The van der Waals surface area contributed by atoms with Crippen LogP contribution in [0.3, 0.4) is 0 Å². The summed E-state index contributed by atoms with van der Waals surface area (Å²) < 4.78 is 6.32. The molecule has 2 N–H and O–H groups in total. The standard InChI is InChI=1S/C15H19BrN4O/c1-21-10-15(4-2-5-20-15)9-19-12-3-6-17-13-7-11(16)8-18-14(12)13/h3,6-8,20H,2,4-5,9-10H2,1H3,(H,17,19). The molecule has 0 amide bonds. The Hall–Kier alpha value is -1.24. The summed E-state index contributed by atoms with van der Waals surface area (Å²) in [6.07, 6.45) is 5.92. The van der Waals surface area contributed by atoms with Gasteiger partial charge in [-0.25, -0.2) is 0 Å². The number of halogens is 1. The molecule has 2 aromatic heterocycles. The maximum Gasteiger partial charge on any atom is 0.112 e. The zero-order valence-corrected chi connectivity index (χ0v) is 13.6. The van der Waals surface area contributed by atoms with Crippen LogP contribution in [0, 0.1) is 0 Å². The van der Waals surface area contributed by atoms with E-state index in [0.29, 0.717) is 6.61 Å². The number of nitrogens with one attached hydrogen (secondary N) is 2. The molecule has 1 aliphatic rings. The van der Waals surface area contributed by atoms with Crippen LogP contribution >= 0.6 is 15.9 Å². The second-order valence-electron chi connectivity index (χ2n) is 5.48. The second-order valence-corrected chi connectivity index (χ2v) is 6.39. The zero-order valence-electron chi connectivity index (χ0n) is 12.0. The third-order valence-corrected chi connectivity index (χ3v) is 4.35. The van der Waals surface area contributed by atoms with Crippen LogP contribution in [0.5, 0.6) is 0 Å². The molecule has 0 aromatic carbocycles. The van der Waals surface area contributed by atoms with Crippen LogP contribution in [0.2, 0.25) is 0 Å². The maximum absolute atomic E-state index is 5.38. The van der Waals surface area contributed by atoms with E-state index in [1.807, 2.05) is 18.3 Å². The van der Waals surface area contributed by atoms with Gasteiger partial charge in [-0.15, -0.1) is 0 Å². The molecule has 0 saturated carbocycles. The van der Waals surface area contributed by atoms with E-state index in [0.717, 1.165) is 40.7 Å². The van der Waals surface area contributed by atoms with Crippen LogP contribution in [0.25, 0.3) is 11.0 Å². The first kappa shape index (κ1) is 14.7. The minimum absolute atomic E-state index is 0.0136. The van der Waals surface area contributed by atoms with Crippen molar-refractivity contribution >= 4 is 32.7 Å². The highest BCUT2D eigenvalue weighted by Crippen LogP contribution is 2.25. The van der Waals surface area contributed by atoms with Crippen molar-refractivity contribution in [2.75, 3.05) is 32.1 Å². The molecule has 1 atom stereocenters. The SMILES string of the molecule is COCC1(CNc2ccnc3cc(Br)cnc23)CCCN1. The van der Waals surface area contributed by atoms with E-state index in [1.54, 1.807) is 13.3 Å². The third-order valence-electron chi connectivity index (χ3n) is 3.91.